The normalized spacial score (nSPS) is 16.5. The first kappa shape index (κ1) is 28.1. The lowest BCUT2D eigenvalue weighted by Gasteiger charge is -2.36. The van der Waals surface area contributed by atoms with Crippen LogP contribution in [0.4, 0.5) is 4.39 Å². The first-order valence-corrected chi connectivity index (χ1v) is 12.7. The fourth-order valence-electron chi connectivity index (χ4n) is 4.15. The molecule has 0 spiro atoms. The Hall–Kier alpha value is -2.14. The molecule has 5 heteroatoms. The second-order valence-electron chi connectivity index (χ2n) is 10.0. The molecule has 0 aliphatic heterocycles. The van der Waals surface area contributed by atoms with Gasteiger partial charge in [-0.3, -0.25) is 0 Å². The van der Waals surface area contributed by atoms with Crippen LogP contribution in [0.5, 0.6) is 5.75 Å². The number of ether oxygens (including phenoxy) is 2. The minimum Gasteiger partial charge on any atom is -0.489 e. The second-order valence-corrected chi connectivity index (χ2v) is 10.8. The van der Waals surface area contributed by atoms with Gasteiger partial charge in [0.25, 0.3) is 0 Å². The number of carbonyl (C=O) groups excluding carboxylic acids is 1. The van der Waals surface area contributed by atoms with Gasteiger partial charge in [-0.05, 0) is 108 Å². The standard InChI is InChI=1S/C29H38BrFO3/c1-10-33-25(32)15-19(6)11-12-24(31)20(7)22-16-23-21(17(2)3)13-14-29(8,9)26(23)27(30)28(22)34-18(4)5/h11-13,15-18H,10,14H2,1-9H3. The maximum atomic E-state index is 15.4. The lowest BCUT2D eigenvalue weighted by Crippen LogP contribution is -2.24. The maximum Gasteiger partial charge on any atom is 0.330 e. The fraction of sp³-hybridized carbons (Fsp3) is 0.483. The van der Waals surface area contributed by atoms with Crippen molar-refractivity contribution in [2.45, 2.75) is 80.3 Å². The summed E-state index contributed by atoms with van der Waals surface area (Å²) in [5.74, 6) is 0.178. The number of esters is 1. The Labute approximate surface area is 212 Å². The molecule has 186 valence electrons. The van der Waals surface area contributed by atoms with Gasteiger partial charge in [0.1, 0.15) is 11.6 Å². The smallest absolute Gasteiger partial charge is 0.330 e. The van der Waals surface area contributed by atoms with Crippen molar-refractivity contribution in [3.05, 3.63) is 62.9 Å². The molecule has 0 saturated carbocycles. The summed E-state index contributed by atoms with van der Waals surface area (Å²) < 4.78 is 27.4. The molecule has 2 rings (SSSR count). The molecule has 0 fully saturated rings. The predicted molar refractivity (Wildman–Crippen MR) is 144 cm³/mol. The summed E-state index contributed by atoms with van der Waals surface area (Å²) in [4.78, 5) is 11.6. The van der Waals surface area contributed by atoms with Crippen LogP contribution in [0, 0.1) is 5.92 Å². The Bertz CT molecular complexity index is 1060. The van der Waals surface area contributed by atoms with E-state index in [1.165, 1.54) is 23.3 Å². The van der Waals surface area contributed by atoms with E-state index in [2.05, 4.69) is 55.8 Å². The summed E-state index contributed by atoms with van der Waals surface area (Å²) in [7, 11) is 0. The van der Waals surface area contributed by atoms with Crippen molar-refractivity contribution >= 4 is 33.0 Å². The molecule has 0 atom stereocenters. The van der Waals surface area contributed by atoms with E-state index >= 15 is 4.39 Å². The van der Waals surface area contributed by atoms with E-state index in [9.17, 15) is 4.79 Å². The summed E-state index contributed by atoms with van der Waals surface area (Å²) in [5.41, 5.74) is 5.34. The number of carbonyl (C=O) groups is 1. The lowest BCUT2D eigenvalue weighted by molar-refractivity contribution is -0.137. The van der Waals surface area contributed by atoms with Gasteiger partial charge in [-0.15, -0.1) is 0 Å². The molecule has 1 aliphatic rings. The van der Waals surface area contributed by atoms with E-state index < -0.39 is 5.97 Å². The summed E-state index contributed by atoms with van der Waals surface area (Å²) in [5, 5.41) is 0. The molecule has 0 amide bonds. The number of hydrogen-bond donors (Lipinski definition) is 0. The summed E-state index contributed by atoms with van der Waals surface area (Å²) in [6.07, 6.45) is 7.49. The van der Waals surface area contributed by atoms with E-state index in [-0.39, 0.29) is 17.3 Å². The molecule has 1 aromatic carbocycles. The molecular formula is C29H38BrFO3. The van der Waals surface area contributed by atoms with Crippen LogP contribution < -0.4 is 4.74 Å². The molecule has 3 nitrogen and oxygen atoms in total. The minimum absolute atomic E-state index is 0.0685. The largest absolute Gasteiger partial charge is 0.489 e. The molecule has 0 N–H and O–H groups in total. The van der Waals surface area contributed by atoms with Crippen LogP contribution in [0.25, 0.3) is 11.1 Å². The van der Waals surface area contributed by atoms with Gasteiger partial charge in [-0.2, -0.15) is 0 Å². The van der Waals surface area contributed by atoms with Gasteiger partial charge >= 0.3 is 5.97 Å². The molecule has 0 aromatic heterocycles. The van der Waals surface area contributed by atoms with Crippen molar-refractivity contribution in [3.63, 3.8) is 0 Å². The summed E-state index contributed by atoms with van der Waals surface area (Å²) >= 11 is 3.84. The van der Waals surface area contributed by atoms with Crippen LogP contribution in [-0.2, 0) is 14.9 Å². The van der Waals surface area contributed by atoms with Crippen LogP contribution in [0.15, 0.2) is 46.2 Å². The predicted octanol–water partition coefficient (Wildman–Crippen LogP) is 8.72. The van der Waals surface area contributed by atoms with Crippen molar-refractivity contribution < 1.29 is 18.7 Å². The zero-order valence-corrected chi connectivity index (χ0v) is 23.5. The molecule has 34 heavy (non-hydrogen) atoms. The van der Waals surface area contributed by atoms with Crippen LogP contribution in [-0.4, -0.2) is 18.7 Å². The van der Waals surface area contributed by atoms with E-state index in [0.29, 0.717) is 29.4 Å². The zero-order valence-electron chi connectivity index (χ0n) is 21.9. The minimum atomic E-state index is -0.437. The quantitative estimate of drug-likeness (QED) is 0.190. The third kappa shape index (κ3) is 6.50. The van der Waals surface area contributed by atoms with Crippen molar-refractivity contribution in [3.8, 4) is 5.75 Å². The molecule has 0 heterocycles. The second kappa shape index (κ2) is 11.5. The van der Waals surface area contributed by atoms with Gasteiger partial charge < -0.3 is 9.47 Å². The third-order valence-corrected chi connectivity index (χ3v) is 6.66. The molecule has 1 aromatic rings. The zero-order chi connectivity index (χ0) is 25.8. The number of allylic oxidation sites excluding steroid dienone is 7. The van der Waals surface area contributed by atoms with Crippen LogP contribution >= 0.6 is 15.9 Å². The molecule has 0 radical (unpaired) electrons. The Balaban J connectivity index is 2.69. The van der Waals surface area contributed by atoms with Gasteiger partial charge in [0.2, 0.25) is 0 Å². The molecular weight excluding hydrogens is 495 g/mol. The van der Waals surface area contributed by atoms with Gasteiger partial charge in [-0.1, -0.05) is 39.8 Å². The SMILES string of the molecule is CCOC(=O)C=C(C)C=CC(F)=C(C)c1cc2c(c(Br)c1OC(C)C)C(C)(C)CC=C2C(C)C. The molecule has 0 unspecified atom stereocenters. The Morgan fingerprint density at radius 3 is 2.41 bits per heavy atom. The third-order valence-electron chi connectivity index (χ3n) is 5.90. The highest BCUT2D eigenvalue weighted by molar-refractivity contribution is 9.10. The summed E-state index contributed by atoms with van der Waals surface area (Å²) in [6.45, 7) is 18.3. The average Bonchev–Trinajstić information content (AvgIpc) is 2.72. The highest BCUT2D eigenvalue weighted by Crippen LogP contribution is 2.50. The van der Waals surface area contributed by atoms with Crippen LogP contribution in [0.2, 0.25) is 0 Å². The number of benzene rings is 1. The number of hydrogen-bond acceptors (Lipinski definition) is 3. The van der Waals surface area contributed by atoms with E-state index in [0.717, 1.165) is 22.0 Å². The van der Waals surface area contributed by atoms with Gasteiger partial charge in [0.15, 0.2) is 0 Å². The van der Waals surface area contributed by atoms with Gasteiger partial charge in [0.05, 0.1) is 17.2 Å². The van der Waals surface area contributed by atoms with Gasteiger partial charge in [-0.25, -0.2) is 9.18 Å². The Morgan fingerprint density at radius 1 is 1.21 bits per heavy atom. The van der Waals surface area contributed by atoms with Crippen molar-refractivity contribution in [2.75, 3.05) is 6.61 Å². The fourth-order valence-corrected chi connectivity index (χ4v) is 5.21. The average molecular weight is 534 g/mol. The Kier molecular flexibility index (Phi) is 9.53. The first-order valence-electron chi connectivity index (χ1n) is 11.9. The van der Waals surface area contributed by atoms with Crippen LogP contribution in [0.1, 0.15) is 85.4 Å². The maximum absolute atomic E-state index is 15.4. The molecule has 1 aliphatic carbocycles. The van der Waals surface area contributed by atoms with Crippen molar-refractivity contribution in [1.29, 1.82) is 0 Å². The number of rotatable bonds is 8. The highest BCUT2D eigenvalue weighted by Gasteiger charge is 2.34. The number of halogens is 2. The monoisotopic (exact) mass is 532 g/mol. The van der Waals surface area contributed by atoms with Crippen molar-refractivity contribution in [2.24, 2.45) is 5.92 Å². The molecule has 0 saturated heterocycles. The van der Waals surface area contributed by atoms with Crippen LogP contribution in [0.3, 0.4) is 0 Å². The van der Waals surface area contributed by atoms with E-state index in [1.807, 2.05) is 13.8 Å². The highest BCUT2D eigenvalue weighted by atomic mass is 79.9. The van der Waals surface area contributed by atoms with Crippen molar-refractivity contribution in [1.82, 2.24) is 0 Å². The topological polar surface area (TPSA) is 35.5 Å². The lowest BCUT2D eigenvalue weighted by atomic mass is 9.70. The molecule has 0 bridgehead atoms. The summed E-state index contributed by atoms with van der Waals surface area (Å²) in [6, 6.07) is 2.08. The Morgan fingerprint density at radius 2 is 1.85 bits per heavy atom. The van der Waals surface area contributed by atoms with E-state index in [4.69, 9.17) is 9.47 Å². The van der Waals surface area contributed by atoms with Gasteiger partial charge in [0, 0.05) is 11.6 Å². The van der Waals surface area contributed by atoms with E-state index in [1.54, 1.807) is 26.8 Å². The number of fused-ring (bicyclic) bond motifs is 1. The first-order chi connectivity index (χ1) is 15.8.